The molecule has 2 atom stereocenters. The highest BCUT2D eigenvalue weighted by Gasteiger charge is 2.54. The summed E-state index contributed by atoms with van der Waals surface area (Å²) in [5.74, 6) is -0.348. The van der Waals surface area contributed by atoms with E-state index in [0.29, 0.717) is 17.8 Å². The van der Waals surface area contributed by atoms with Crippen molar-refractivity contribution < 1.29 is 28.6 Å². The number of esters is 3. The van der Waals surface area contributed by atoms with Crippen molar-refractivity contribution in [2.45, 2.75) is 69.8 Å². The maximum Gasteiger partial charge on any atom is 0.334 e. The molecule has 8 rings (SSSR count). The minimum Gasteiger partial charge on any atom is -0.469 e. The predicted octanol–water partition coefficient (Wildman–Crippen LogP) is 7.51. The lowest BCUT2D eigenvalue weighted by atomic mass is 9.64. The zero-order valence-corrected chi connectivity index (χ0v) is 33.5. The average Bonchev–Trinajstić information content (AvgIpc) is 4.00. The number of carbonyl (C=O) groups is 3. The molecule has 1 saturated heterocycles. The van der Waals surface area contributed by atoms with Crippen molar-refractivity contribution in [3.63, 3.8) is 0 Å². The number of nitrogens with one attached hydrogen (secondary N) is 2. The third-order valence-electron chi connectivity index (χ3n) is 12.0. The van der Waals surface area contributed by atoms with E-state index < -0.39 is 23.3 Å². The molecule has 0 unspecified atom stereocenters. The minimum absolute atomic E-state index is 0.154. The van der Waals surface area contributed by atoms with Crippen LogP contribution in [0.25, 0.3) is 38.8 Å². The number of allylic oxidation sites excluding steroid dienone is 4. The second-order valence-electron chi connectivity index (χ2n) is 14.6. The van der Waals surface area contributed by atoms with Gasteiger partial charge in [0.1, 0.15) is 5.92 Å². The van der Waals surface area contributed by atoms with E-state index in [9.17, 15) is 14.4 Å². The summed E-state index contributed by atoms with van der Waals surface area (Å²) in [5, 5.41) is 0. The van der Waals surface area contributed by atoms with Crippen LogP contribution in [0.2, 0.25) is 0 Å². The molecule has 2 N–H and O–H groups in total. The quantitative estimate of drug-likeness (QED) is 0.192. The number of H-pyrrole nitrogens is 2. The number of hydrogen-bond acceptors (Lipinski definition) is 10. The fourth-order valence-corrected chi connectivity index (χ4v) is 12.6. The molecular formula is C42H44N4O6S2. The number of aromatic nitrogens is 4. The Morgan fingerprint density at radius 2 is 1.57 bits per heavy atom. The van der Waals surface area contributed by atoms with Crippen LogP contribution in [0, 0.1) is 19.8 Å². The highest BCUT2D eigenvalue weighted by atomic mass is 32.2. The van der Waals surface area contributed by atoms with Crippen LogP contribution < -0.4 is 0 Å². The smallest absolute Gasteiger partial charge is 0.334 e. The molecule has 280 valence electrons. The molecule has 0 amide bonds. The number of ether oxygens (including phenoxy) is 3. The zero-order chi connectivity index (χ0) is 38.3. The normalized spacial score (nSPS) is 20.9. The largest absolute Gasteiger partial charge is 0.469 e. The summed E-state index contributed by atoms with van der Waals surface area (Å²) >= 11 is 4.00. The second kappa shape index (κ2) is 13.3. The van der Waals surface area contributed by atoms with Crippen molar-refractivity contribution in [2.75, 3.05) is 32.8 Å². The Labute approximate surface area is 322 Å². The van der Waals surface area contributed by atoms with Gasteiger partial charge in [0.15, 0.2) is 0 Å². The lowest BCUT2D eigenvalue weighted by Crippen LogP contribution is -2.42. The summed E-state index contributed by atoms with van der Waals surface area (Å²) in [6.07, 6.45) is 5.83. The van der Waals surface area contributed by atoms with Crippen LogP contribution in [0.5, 0.6) is 0 Å². The number of nitrogens with zero attached hydrogens (tertiary/aromatic N) is 2. The summed E-state index contributed by atoms with van der Waals surface area (Å²) < 4.78 is 15.5. The van der Waals surface area contributed by atoms with E-state index in [4.69, 9.17) is 24.2 Å². The summed E-state index contributed by atoms with van der Waals surface area (Å²) in [4.78, 5) is 57.9. The van der Waals surface area contributed by atoms with Gasteiger partial charge in [-0.25, -0.2) is 9.78 Å². The average molecular weight is 765 g/mol. The predicted molar refractivity (Wildman–Crippen MR) is 215 cm³/mol. The molecule has 6 heterocycles. The van der Waals surface area contributed by atoms with Gasteiger partial charge in [-0.3, -0.25) is 14.6 Å². The van der Waals surface area contributed by atoms with Gasteiger partial charge < -0.3 is 24.2 Å². The van der Waals surface area contributed by atoms with Gasteiger partial charge in [-0.05, 0) is 92.1 Å². The van der Waals surface area contributed by atoms with E-state index in [1.54, 1.807) is 6.08 Å². The Balaban J connectivity index is 1.53. The molecule has 2 aliphatic carbocycles. The molecular weight excluding hydrogens is 721 g/mol. The van der Waals surface area contributed by atoms with Gasteiger partial charge in [0.05, 0.1) is 59.2 Å². The Morgan fingerprint density at radius 1 is 0.870 bits per heavy atom. The molecule has 3 aliphatic heterocycles. The van der Waals surface area contributed by atoms with E-state index in [1.807, 2.05) is 48.7 Å². The number of thioether (sulfide) groups is 2. The summed E-state index contributed by atoms with van der Waals surface area (Å²) in [5.41, 5.74) is 14.7. The molecule has 54 heavy (non-hydrogen) atoms. The fourth-order valence-electron chi connectivity index (χ4n) is 9.14. The first-order chi connectivity index (χ1) is 25.9. The molecule has 3 aromatic rings. The molecule has 3 aromatic heterocycles. The lowest BCUT2D eigenvalue weighted by molar-refractivity contribution is -0.149. The number of fused-ring (bicyclic) bond motifs is 12. The first-order valence-electron chi connectivity index (χ1n) is 18.3. The summed E-state index contributed by atoms with van der Waals surface area (Å²) in [6.45, 7) is 10.5. The van der Waals surface area contributed by atoms with E-state index in [1.165, 1.54) is 38.0 Å². The van der Waals surface area contributed by atoms with Crippen LogP contribution >= 0.6 is 23.5 Å². The highest BCUT2D eigenvalue weighted by molar-refractivity contribution is 8.22. The first-order valence-corrected chi connectivity index (χ1v) is 20.3. The van der Waals surface area contributed by atoms with E-state index in [2.05, 4.69) is 43.7 Å². The van der Waals surface area contributed by atoms with E-state index >= 15 is 0 Å². The van der Waals surface area contributed by atoms with Gasteiger partial charge in [-0.2, -0.15) is 0 Å². The third kappa shape index (κ3) is 5.26. The van der Waals surface area contributed by atoms with Crippen LogP contribution in [0.3, 0.4) is 0 Å². The van der Waals surface area contributed by atoms with Crippen molar-refractivity contribution >= 4 is 80.2 Å². The monoisotopic (exact) mass is 764 g/mol. The molecule has 1 spiro atoms. The standard InChI is InChI=1S/C42H44N4O6S2/c1-9-23-20(2)28-17-32-27-12-10-25(39(48)51-7)36(40(49)52-8)41(27,5)33(44-32)18-30-21(3)24(11-13-34(47)50-6)37(45-30)26-19-42(53-14-15-54-42)35-22(4)29(46-38(26)35)16-31(23)43-28/h10,12,16-18,36,43,45H,9,11,13-15,19H2,1-8H3/t36-,41-/m1/s1. The van der Waals surface area contributed by atoms with Gasteiger partial charge in [0.2, 0.25) is 0 Å². The van der Waals surface area contributed by atoms with E-state index in [0.717, 1.165) is 85.6 Å². The summed E-state index contributed by atoms with van der Waals surface area (Å²) in [7, 11) is 4.06. The van der Waals surface area contributed by atoms with Crippen molar-refractivity contribution in [2.24, 2.45) is 5.92 Å². The lowest BCUT2D eigenvalue weighted by Gasteiger charge is -2.36. The molecule has 1 fully saturated rings. The Morgan fingerprint density at radius 3 is 2.26 bits per heavy atom. The van der Waals surface area contributed by atoms with Crippen LogP contribution in [0.4, 0.5) is 0 Å². The van der Waals surface area contributed by atoms with Crippen LogP contribution in [-0.4, -0.2) is 74.8 Å². The van der Waals surface area contributed by atoms with Crippen molar-refractivity contribution in [1.82, 2.24) is 19.9 Å². The molecule has 0 aromatic carbocycles. The third-order valence-corrected chi connectivity index (χ3v) is 15.4. The van der Waals surface area contributed by atoms with Crippen molar-refractivity contribution in [3.8, 4) is 0 Å². The van der Waals surface area contributed by atoms with E-state index in [-0.39, 0.29) is 22.0 Å². The van der Waals surface area contributed by atoms with Gasteiger partial charge in [-0.1, -0.05) is 19.1 Å². The number of carbonyl (C=O) groups excluding carboxylic acids is 3. The SMILES string of the molecule is CCc1c(C)c2cc3nc(cc4[nH]c(c5c6nc(cc1[nH]2)C(C)=C6C1(C5)SCCS1)c(CCC(=O)OC)c4C)[C@@]1(C)C3=CC=C(C(=O)OC)[C@@H]1C(=O)OC. The number of methoxy groups -OCH3 is 3. The first kappa shape index (κ1) is 36.4. The number of aromatic amines is 2. The molecule has 12 heteroatoms. The molecule has 0 saturated carbocycles. The topological polar surface area (TPSA) is 136 Å². The fraction of sp³-hybridized carbons (Fsp3) is 0.405. The van der Waals surface area contributed by atoms with Crippen LogP contribution in [0.15, 0.2) is 35.9 Å². The Bertz CT molecular complexity index is 2450. The van der Waals surface area contributed by atoms with Crippen molar-refractivity contribution in [3.05, 3.63) is 86.5 Å². The second-order valence-corrected chi connectivity index (χ2v) is 17.7. The van der Waals surface area contributed by atoms with Crippen LogP contribution in [0.1, 0.15) is 77.8 Å². The Kier molecular flexibility index (Phi) is 8.99. The van der Waals surface area contributed by atoms with Gasteiger partial charge >= 0.3 is 17.9 Å². The van der Waals surface area contributed by atoms with Gasteiger partial charge in [0.25, 0.3) is 0 Å². The van der Waals surface area contributed by atoms with Gasteiger partial charge in [0, 0.05) is 57.6 Å². The molecule has 0 radical (unpaired) electrons. The van der Waals surface area contributed by atoms with Gasteiger partial charge in [-0.15, -0.1) is 23.5 Å². The summed E-state index contributed by atoms with van der Waals surface area (Å²) in [6, 6.07) is 6.22. The minimum atomic E-state index is -1.09. The molecule has 5 aliphatic rings. The number of hydrogen-bond donors (Lipinski definition) is 2. The number of rotatable bonds is 6. The van der Waals surface area contributed by atoms with Crippen molar-refractivity contribution in [1.29, 1.82) is 0 Å². The Hall–Kier alpha value is -4.55. The number of aryl methyl sites for hydroxylation is 4. The van der Waals surface area contributed by atoms with Crippen LogP contribution in [-0.2, 0) is 53.3 Å². The highest BCUT2D eigenvalue weighted by Crippen LogP contribution is 2.62. The molecule has 10 nitrogen and oxygen atoms in total. The maximum atomic E-state index is 13.8. The molecule has 8 bridgehead atoms. The maximum absolute atomic E-state index is 13.8. The zero-order valence-electron chi connectivity index (χ0n) is 31.9.